The van der Waals surface area contributed by atoms with Crippen molar-refractivity contribution in [3.05, 3.63) is 106 Å². The van der Waals surface area contributed by atoms with Crippen LogP contribution in [0.3, 0.4) is 0 Å². The molecule has 1 N–H and O–H groups in total. The highest BCUT2D eigenvalue weighted by Crippen LogP contribution is 2.30. The Hall–Kier alpha value is -4.59. The number of hydrogen-bond acceptors (Lipinski definition) is 5. The lowest BCUT2D eigenvalue weighted by atomic mass is 10.1. The first-order valence-corrected chi connectivity index (χ1v) is 9.75. The molecule has 1 aliphatic rings. The number of carbonyl (C=O) groups excluding carboxylic acids is 2. The monoisotopic (exact) mass is 426 g/mol. The standard InChI is InChI=1S/C24H18N4O4/c1-16(29)25-19-11-13-20(14-12-19)27-23(17-7-3-2-4-8-17)26-21(24(27)30)15-18-9-5-6-10-22(18)28(31)32/h2-15H,1H3,(H,25,29). The van der Waals surface area contributed by atoms with E-state index in [-0.39, 0.29) is 17.3 Å². The van der Waals surface area contributed by atoms with Crippen molar-refractivity contribution in [3.8, 4) is 0 Å². The topological polar surface area (TPSA) is 105 Å². The number of amides is 2. The van der Waals surface area contributed by atoms with Crippen molar-refractivity contribution < 1.29 is 14.5 Å². The second-order valence-electron chi connectivity index (χ2n) is 7.02. The lowest BCUT2D eigenvalue weighted by Gasteiger charge is -2.19. The summed E-state index contributed by atoms with van der Waals surface area (Å²) < 4.78 is 0. The van der Waals surface area contributed by atoms with Crippen molar-refractivity contribution >= 4 is 40.8 Å². The van der Waals surface area contributed by atoms with Gasteiger partial charge in [-0.2, -0.15) is 0 Å². The molecular weight excluding hydrogens is 408 g/mol. The summed E-state index contributed by atoms with van der Waals surface area (Å²) >= 11 is 0. The summed E-state index contributed by atoms with van der Waals surface area (Å²) in [6.45, 7) is 1.41. The van der Waals surface area contributed by atoms with Crippen LogP contribution in [-0.4, -0.2) is 22.6 Å². The lowest BCUT2D eigenvalue weighted by Crippen LogP contribution is -2.32. The van der Waals surface area contributed by atoms with Crippen LogP contribution in [0, 0.1) is 10.1 Å². The van der Waals surface area contributed by atoms with Gasteiger partial charge in [0.25, 0.3) is 11.6 Å². The van der Waals surface area contributed by atoms with Gasteiger partial charge in [-0.3, -0.25) is 24.6 Å². The Morgan fingerprint density at radius 1 is 1.00 bits per heavy atom. The third-order valence-corrected chi connectivity index (χ3v) is 4.76. The molecule has 158 valence electrons. The Morgan fingerprint density at radius 3 is 2.31 bits per heavy atom. The maximum absolute atomic E-state index is 13.3. The number of benzene rings is 3. The first-order valence-electron chi connectivity index (χ1n) is 9.75. The predicted octanol–water partition coefficient (Wildman–Crippen LogP) is 4.39. The van der Waals surface area contributed by atoms with E-state index in [1.54, 1.807) is 42.5 Å². The van der Waals surface area contributed by atoms with Gasteiger partial charge in [0.1, 0.15) is 11.5 Å². The van der Waals surface area contributed by atoms with E-state index in [0.717, 1.165) is 5.56 Å². The minimum absolute atomic E-state index is 0.0871. The van der Waals surface area contributed by atoms with Gasteiger partial charge in [0.05, 0.1) is 16.2 Å². The SMILES string of the molecule is CC(=O)Nc1ccc(N2C(=O)C(=Cc3ccccc3[N+](=O)[O-])N=C2c2ccccc2)cc1. The largest absolute Gasteiger partial charge is 0.326 e. The summed E-state index contributed by atoms with van der Waals surface area (Å²) in [7, 11) is 0. The first kappa shape index (κ1) is 20.7. The Morgan fingerprint density at radius 2 is 1.66 bits per heavy atom. The number of nitro benzene ring substituents is 1. The summed E-state index contributed by atoms with van der Waals surface area (Å²) in [5.41, 5.74) is 2.14. The van der Waals surface area contributed by atoms with Crippen LogP contribution in [0.4, 0.5) is 17.1 Å². The van der Waals surface area contributed by atoms with E-state index in [2.05, 4.69) is 10.3 Å². The molecule has 3 aromatic rings. The number of carbonyl (C=O) groups is 2. The van der Waals surface area contributed by atoms with Gasteiger partial charge < -0.3 is 5.32 Å². The Balaban J connectivity index is 1.79. The summed E-state index contributed by atoms with van der Waals surface area (Å²) in [5, 5.41) is 14.1. The molecular formula is C24H18N4O4. The molecule has 0 unspecified atom stereocenters. The number of anilines is 2. The average Bonchev–Trinajstić information content (AvgIpc) is 3.11. The zero-order valence-electron chi connectivity index (χ0n) is 17.1. The van der Waals surface area contributed by atoms with Crippen molar-refractivity contribution in [2.24, 2.45) is 4.99 Å². The third kappa shape index (κ3) is 4.15. The molecule has 0 saturated carbocycles. The highest BCUT2D eigenvalue weighted by molar-refractivity contribution is 6.33. The van der Waals surface area contributed by atoms with Crippen molar-refractivity contribution in [1.82, 2.24) is 0 Å². The van der Waals surface area contributed by atoms with Crippen molar-refractivity contribution in [2.45, 2.75) is 6.92 Å². The molecule has 1 aliphatic heterocycles. The van der Waals surface area contributed by atoms with Gasteiger partial charge in [0.2, 0.25) is 5.91 Å². The van der Waals surface area contributed by atoms with Crippen molar-refractivity contribution in [3.63, 3.8) is 0 Å². The number of nitrogens with one attached hydrogen (secondary N) is 1. The van der Waals surface area contributed by atoms with Crippen LogP contribution in [-0.2, 0) is 9.59 Å². The molecule has 8 heteroatoms. The van der Waals surface area contributed by atoms with Crippen LogP contribution in [0.1, 0.15) is 18.1 Å². The van der Waals surface area contributed by atoms with E-state index in [1.165, 1.54) is 24.0 Å². The van der Waals surface area contributed by atoms with E-state index in [4.69, 9.17) is 0 Å². The maximum atomic E-state index is 13.3. The first-order chi connectivity index (χ1) is 15.4. The number of nitrogens with zero attached hydrogens (tertiary/aromatic N) is 3. The Labute approximate surface area is 183 Å². The normalized spacial score (nSPS) is 14.4. The summed E-state index contributed by atoms with van der Waals surface area (Å²) in [6, 6.07) is 22.2. The highest BCUT2D eigenvalue weighted by Gasteiger charge is 2.33. The number of hydrogen-bond donors (Lipinski definition) is 1. The van der Waals surface area contributed by atoms with Gasteiger partial charge in [-0.05, 0) is 36.4 Å². The van der Waals surface area contributed by atoms with Gasteiger partial charge in [-0.25, -0.2) is 4.99 Å². The zero-order chi connectivity index (χ0) is 22.7. The second-order valence-corrected chi connectivity index (χ2v) is 7.02. The average molecular weight is 426 g/mol. The molecule has 0 saturated heterocycles. The van der Waals surface area contributed by atoms with E-state index in [9.17, 15) is 19.7 Å². The van der Waals surface area contributed by atoms with Crippen LogP contribution in [0.25, 0.3) is 6.08 Å². The third-order valence-electron chi connectivity index (χ3n) is 4.76. The van der Waals surface area contributed by atoms with Crippen LogP contribution in [0.15, 0.2) is 89.6 Å². The molecule has 8 nitrogen and oxygen atoms in total. The Kier molecular flexibility index (Phi) is 5.59. The van der Waals surface area contributed by atoms with Crippen LogP contribution >= 0.6 is 0 Å². The predicted molar refractivity (Wildman–Crippen MR) is 122 cm³/mol. The van der Waals surface area contributed by atoms with E-state index in [0.29, 0.717) is 22.8 Å². The number of para-hydroxylation sites is 1. The molecule has 0 radical (unpaired) electrons. The number of nitro groups is 1. The molecule has 0 atom stereocenters. The molecule has 3 aromatic carbocycles. The van der Waals surface area contributed by atoms with Gasteiger partial charge in [0, 0.05) is 24.2 Å². The fourth-order valence-electron chi connectivity index (χ4n) is 3.36. The number of aliphatic imine (C=N–C) groups is 1. The van der Waals surface area contributed by atoms with E-state index < -0.39 is 10.8 Å². The van der Waals surface area contributed by atoms with E-state index >= 15 is 0 Å². The van der Waals surface area contributed by atoms with Crippen molar-refractivity contribution in [1.29, 1.82) is 0 Å². The highest BCUT2D eigenvalue weighted by atomic mass is 16.6. The molecule has 0 bridgehead atoms. The molecule has 1 heterocycles. The molecule has 0 fully saturated rings. The molecule has 32 heavy (non-hydrogen) atoms. The van der Waals surface area contributed by atoms with Gasteiger partial charge in [0.15, 0.2) is 0 Å². The lowest BCUT2D eigenvalue weighted by molar-refractivity contribution is -0.385. The van der Waals surface area contributed by atoms with Crippen LogP contribution in [0.5, 0.6) is 0 Å². The zero-order valence-corrected chi connectivity index (χ0v) is 17.1. The van der Waals surface area contributed by atoms with Gasteiger partial charge in [-0.15, -0.1) is 0 Å². The summed E-state index contributed by atoms with van der Waals surface area (Å²) in [6.07, 6.45) is 1.43. The van der Waals surface area contributed by atoms with Crippen molar-refractivity contribution in [2.75, 3.05) is 10.2 Å². The minimum Gasteiger partial charge on any atom is -0.326 e. The summed E-state index contributed by atoms with van der Waals surface area (Å²) in [4.78, 5) is 41.5. The molecule has 0 aromatic heterocycles. The fourth-order valence-corrected chi connectivity index (χ4v) is 3.36. The molecule has 0 aliphatic carbocycles. The Bertz CT molecular complexity index is 1260. The number of amidine groups is 1. The fraction of sp³-hybridized carbons (Fsp3) is 0.0417. The van der Waals surface area contributed by atoms with Gasteiger partial charge in [-0.1, -0.05) is 42.5 Å². The minimum atomic E-state index is -0.494. The smallest absolute Gasteiger partial charge is 0.282 e. The van der Waals surface area contributed by atoms with Crippen LogP contribution in [0.2, 0.25) is 0 Å². The number of rotatable bonds is 5. The molecule has 4 rings (SSSR count). The summed E-state index contributed by atoms with van der Waals surface area (Å²) in [5.74, 6) is -0.196. The van der Waals surface area contributed by atoms with Crippen LogP contribution < -0.4 is 10.2 Å². The van der Waals surface area contributed by atoms with E-state index in [1.807, 2.05) is 30.3 Å². The molecule has 2 amide bonds. The molecule has 0 spiro atoms. The van der Waals surface area contributed by atoms with Gasteiger partial charge >= 0.3 is 0 Å². The second kappa shape index (κ2) is 8.65. The quantitative estimate of drug-likeness (QED) is 0.371. The maximum Gasteiger partial charge on any atom is 0.282 e.